The predicted octanol–water partition coefficient (Wildman–Crippen LogP) is 1.65. The summed E-state index contributed by atoms with van der Waals surface area (Å²) in [6, 6.07) is -0.626. The molecule has 1 unspecified atom stereocenters. The largest absolute Gasteiger partial charge is 0.329 e. The van der Waals surface area contributed by atoms with Crippen LogP contribution in [0.5, 0.6) is 0 Å². The van der Waals surface area contributed by atoms with Gasteiger partial charge < -0.3 is 10.6 Å². The first-order valence-corrected chi connectivity index (χ1v) is 6.54. The SMILES string of the molecule is CC(C(=O)C(C)(C)C)N(C)C(=O)N(I)CCN. The molecule has 5 nitrogen and oxygen atoms in total. The predicted molar refractivity (Wildman–Crippen MR) is 76.9 cm³/mol. The number of urea groups is 1. The fourth-order valence-corrected chi connectivity index (χ4v) is 1.97. The zero-order chi connectivity index (χ0) is 13.8. The third-order valence-electron chi connectivity index (χ3n) is 2.53. The third kappa shape index (κ3) is 4.79. The highest BCUT2D eigenvalue weighted by molar-refractivity contribution is 14.1. The normalized spacial score (nSPS) is 13.1. The van der Waals surface area contributed by atoms with Crippen molar-refractivity contribution >= 4 is 34.7 Å². The number of rotatable bonds is 4. The second-order valence-corrected chi connectivity index (χ2v) is 6.22. The molecular formula is C11H22IN3O2. The zero-order valence-electron chi connectivity index (χ0n) is 11.2. The molecule has 0 heterocycles. The van der Waals surface area contributed by atoms with E-state index in [1.54, 1.807) is 14.0 Å². The Balaban J connectivity index is 4.65. The van der Waals surface area contributed by atoms with Crippen LogP contribution in [0.3, 0.4) is 0 Å². The van der Waals surface area contributed by atoms with Gasteiger partial charge >= 0.3 is 6.03 Å². The second-order valence-electron chi connectivity index (χ2n) is 5.06. The van der Waals surface area contributed by atoms with Crippen molar-refractivity contribution in [3.63, 3.8) is 0 Å². The number of halogens is 1. The number of carbonyl (C=O) groups excluding carboxylic acids is 2. The monoisotopic (exact) mass is 355 g/mol. The summed E-state index contributed by atoms with van der Waals surface area (Å²) in [5.41, 5.74) is 4.94. The average Bonchev–Trinajstić information content (AvgIpc) is 2.24. The van der Waals surface area contributed by atoms with E-state index in [1.807, 2.05) is 43.6 Å². The van der Waals surface area contributed by atoms with Crippen molar-refractivity contribution in [1.29, 1.82) is 0 Å². The maximum Gasteiger partial charge on any atom is 0.329 e. The summed E-state index contributed by atoms with van der Waals surface area (Å²) in [6.07, 6.45) is 0. The molecule has 0 aromatic heterocycles. The Morgan fingerprint density at radius 3 is 2.18 bits per heavy atom. The Labute approximate surface area is 117 Å². The maximum absolute atomic E-state index is 12.1. The summed E-state index contributed by atoms with van der Waals surface area (Å²) in [4.78, 5) is 25.4. The summed E-state index contributed by atoms with van der Waals surface area (Å²) in [5, 5.41) is 0. The minimum absolute atomic E-state index is 0.0471. The van der Waals surface area contributed by atoms with Crippen molar-refractivity contribution in [2.75, 3.05) is 20.1 Å². The summed E-state index contributed by atoms with van der Waals surface area (Å²) in [5.74, 6) is 0.0471. The quantitative estimate of drug-likeness (QED) is 0.616. The second kappa shape index (κ2) is 6.53. The number of nitrogens with zero attached hydrogens (tertiary/aromatic N) is 2. The first kappa shape index (κ1) is 16.6. The molecule has 0 saturated carbocycles. The number of ketones is 1. The van der Waals surface area contributed by atoms with Gasteiger partial charge in [0.15, 0.2) is 5.78 Å². The van der Waals surface area contributed by atoms with Gasteiger partial charge in [-0.15, -0.1) is 0 Å². The molecule has 0 bridgehead atoms. The molecule has 1 atom stereocenters. The first-order valence-electron chi connectivity index (χ1n) is 5.57. The Bertz CT molecular complexity index is 289. The molecule has 0 aliphatic carbocycles. The van der Waals surface area contributed by atoms with Gasteiger partial charge in [-0.3, -0.25) is 7.91 Å². The highest BCUT2D eigenvalue weighted by Crippen LogP contribution is 2.20. The fourth-order valence-electron chi connectivity index (χ4n) is 1.35. The number of carbonyl (C=O) groups is 2. The molecule has 0 aromatic carbocycles. The number of nitrogens with two attached hydrogens (primary N) is 1. The molecule has 2 N–H and O–H groups in total. The van der Waals surface area contributed by atoms with Gasteiger partial charge in [0.05, 0.1) is 28.9 Å². The molecule has 0 rings (SSSR count). The number of likely N-dealkylation sites (N-methyl/N-ethyl adjacent to an activating group) is 1. The van der Waals surface area contributed by atoms with Crippen molar-refractivity contribution in [1.82, 2.24) is 8.01 Å². The van der Waals surface area contributed by atoms with Crippen LogP contribution in [0.1, 0.15) is 27.7 Å². The van der Waals surface area contributed by atoms with Crippen LogP contribution in [0, 0.1) is 5.41 Å². The molecule has 0 saturated heterocycles. The van der Waals surface area contributed by atoms with Crippen molar-refractivity contribution in [2.45, 2.75) is 33.7 Å². The van der Waals surface area contributed by atoms with E-state index in [4.69, 9.17) is 5.73 Å². The summed E-state index contributed by atoms with van der Waals surface area (Å²) in [7, 11) is 1.64. The van der Waals surface area contributed by atoms with Crippen LogP contribution in [0.25, 0.3) is 0 Å². The van der Waals surface area contributed by atoms with Crippen LogP contribution >= 0.6 is 22.9 Å². The first-order chi connectivity index (χ1) is 7.62. The topological polar surface area (TPSA) is 66.6 Å². The molecule has 6 heteroatoms. The van der Waals surface area contributed by atoms with Crippen molar-refractivity contribution in [3.8, 4) is 0 Å². The van der Waals surface area contributed by atoms with E-state index < -0.39 is 11.5 Å². The molecule has 0 radical (unpaired) electrons. The summed E-state index contributed by atoms with van der Waals surface area (Å²) in [6.45, 7) is 8.19. The number of Topliss-reactive ketones (excluding diaryl/α,β-unsaturated/α-hetero) is 1. The van der Waals surface area contributed by atoms with E-state index in [2.05, 4.69) is 0 Å². The molecule has 0 spiro atoms. The standard InChI is InChI=1S/C11H22IN3O2/c1-8(9(16)11(2,3)4)14(5)10(17)15(12)7-6-13/h8H,6-7,13H2,1-5H3. The number of hydrogen-bond donors (Lipinski definition) is 1. The molecule has 2 amide bonds. The maximum atomic E-state index is 12.1. The van der Waals surface area contributed by atoms with Gasteiger partial charge in [0.1, 0.15) is 0 Å². The highest BCUT2D eigenvalue weighted by Gasteiger charge is 2.32. The van der Waals surface area contributed by atoms with Crippen LogP contribution < -0.4 is 5.73 Å². The highest BCUT2D eigenvalue weighted by atomic mass is 127. The molecule has 17 heavy (non-hydrogen) atoms. The third-order valence-corrected chi connectivity index (χ3v) is 3.43. The Morgan fingerprint density at radius 2 is 1.82 bits per heavy atom. The van der Waals surface area contributed by atoms with E-state index in [0.717, 1.165) is 0 Å². The van der Waals surface area contributed by atoms with Crippen molar-refractivity contribution in [3.05, 3.63) is 0 Å². The van der Waals surface area contributed by atoms with Gasteiger partial charge in [-0.2, -0.15) is 0 Å². The van der Waals surface area contributed by atoms with Crippen LogP contribution in [0.4, 0.5) is 4.79 Å². The lowest BCUT2D eigenvalue weighted by atomic mass is 9.86. The molecule has 0 fully saturated rings. The van der Waals surface area contributed by atoms with E-state index in [0.29, 0.717) is 13.1 Å². The zero-order valence-corrected chi connectivity index (χ0v) is 13.3. The van der Waals surface area contributed by atoms with Gasteiger partial charge in [-0.25, -0.2) is 4.79 Å². The number of hydrogen-bond acceptors (Lipinski definition) is 3. The Morgan fingerprint density at radius 1 is 1.35 bits per heavy atom. The number of amides is 2. The van der Waals surface area contributed by atoms with Crippen LogP contribution in [0.2, 0.25) is 0 Å². The molecule has 0 aromatic rings. The van der Waals surface area contributed by atoms with Crippen LogP contribution in [-0.2, 0) is 4.79 Å². The van der Waals surface area contributed by atoms with Gasteiger partial charge in [0.25, 0.3) is 0 Å². The van der Waals surface area contributed by atoms with Crippen molar-refractivity contribution in [2.24, 2.45) is 11.1 Å². The summed E-state index contributed by atoms with van der Waals surface area (Å²) < 4.78 is 1.49. The summed E-state index contributed by atoms with van der Waals surface area (Å²) >= 11 is 1.91. The lowest BCUT2D eigenvalue weighted by Gasteiger charge is -2.31. The molecule has 0 aliphatic rings. The molecule has 100 valence electrons. The minimum Gasteiger partial charge on any atom is -0.329 e. The Hall–Kier alpha value is -0.370. The van der Waals surface area contributed by atoms with E-state index in [9.17, 15) is 9.59 Å². The Kier molecular flexibility index (Phi) is 6.39. The van der Waals surface area contributed by atoms with Gasteiger partial charge in [0.2, 0.25) is 0 Å². The molecule has 0 aliphatic heterocycles. The van der Waals surface area contributed by atoms with Gasteiger partial charge in [-0.1, -0.05) is 20.8 Å². The average molecular weight is 355 g/mol. The van der Waals surface area contributed by atoms with Crippen LogP contribution in [-0.4, -0.2) is 46.0 Å². The van der Waals surface area contributed by atoms with Gasteiger partial charge in [0, 0.05) is 25.6 Å². The fraction of sp³-hybridized carbons (Fsp3) is 0.818. The molecular weight excluding hydrogens is 333 g/mol. The minimum atomic E-state index is -0.447. The van der Waals surface area contributed by atoms with Crippen LogP contribution in [0.15, 0.2) is 0 Å². The van der Waals surface area contributed by atoms with Crippen molar-refractivity contribution < 1.29 is 9.59 Å². The lowest BCUT2D eigenvalue weighted by Crippen LogP contribution is -2.48. The van der Waals surface area contributed by atoms with Gasteiger partial charge in [-0.05, 0) is 6.92 Å². The smallest absolute Gasteiger partial charge is 0.329 e. The van der Waals surface area contributed by atoms with E-state index >= 15 is 0 Å². The van der Waals surface area contributed by atoms with E-state index in [1.165, 1.54) is 8.01 Å². The van der Waals surface area contributed by atoms with E-state index in [-0.39, 0.29) is 11.8 Å². The lowest BCUT2D eigenvalue weighted by molar-refractivity contribution is -0.130.